The van der Waals surface area contributed by atoms with Crippen molar-refractivity contribution < 1.29 is 8.42 Å². The molecule has 1 heterocycles. The van der Waals surface area contributed by atoms with Crippen LogP contribution in [0.15, 0.2) is 17.2 Å². The maximum absolute atomic E-state index is 12.8. The molecule has 21 heavy (non-hydrogen) atoms. The Balaban J connectivity index is 3.08. The summed E-state index contributed by atoms with van der Waals surface area (Å²) < 4.78 is 29.1. The lowest BCUT2D eigenvalue weighted by Gasteiger charge is -2.20. The fourth-order valence-corrected chi connectivity index (χ4v) is 4.05. The molecule has 0 atom stereocenters. The van der Waals surface area contributed by atoms with Gasteiger partial charge in [-0.3, -0.25) is 0 Å². The second-order valence-electron chi connectivity index (χ2n) is 5.14. The molecule has 0 saturated heterocycles. The summed E-state index contributed by atoms with van der Waals surface area (Å²) in [4.78, 5) is 0.416. The Morgan fingerprint density at radius 1 is 1.14 bits per heavy atom. The Labute approximate surface area is 129 Å². The number of hydrogen-bond donors (Lipinski definition) is 1. The zero-order chi connectivity index (χ0) is 15.9. The summed E-state index contributed by atoms with van der Waals surface area (Å²) in [5.41, 5.74) is 1.02. The largest absolute Gasteiger partial charge is 0.349 e. The minimum absolute atomic E-state index is 0.416. The van der Waals surface area contributed by atoms with Crippen LogP contribution in [0.3, 0.4) is 0 Å². The van der Waals surface area contributed by atoms with E-state index in [1.165, 1.54) is 0 Å². The summed E-state index contributed by atoms with van der Waals surface area (Å²) in [6.45, 7) is 11.6. The van der Waals surface area contributed by atoms with Crippen LogP contribution in [-0.4, -0.2) is 36.9 Å². The van der Waals surface area contributed by atoms with Gasteiger partial charge in [0.15, 0.2) is 0 Å². The van der Waals surface area contributed by atoms with Crippen molar-refractivity contribution in [1.29, 1.82) is 0 Å². The third-order valence-electron chi connectivity index (χ3n) is 3.44. The van der Waals surface area contributed by atoms with Crippen LogP contribution in [0.5, 0.6) is 0 Å². The average Bonchev–Trinajstić information content (AvgIpc) is 2.88. The highest BCUT2D eigenvalue weighted by atomic mass is 32.2. The fourth-order valence-electron chi connectivity index (χ4n) is 2.36. The van der Waals surface area contributed by atoms with Gasteiger partial charge in [0, 0.05) is 38.1 Å². The van der Waals surface area contributed by atoms with Crippen LogP contribution in [0.2, 0.25) is 0 Å². The van der Waals surface area contributed by atoms with Crippen molar-refractivity contribution in [2.24, 2.45) is 0 Å². The number of rotatable bonds is 10. The van der Waals surface area contributed by atoms with Gasteiger partial charge in [0.2, 0.25) is 10.0 Å². The molecule has 0 fully saturated rings. The third-order valence-corrected chi connectivity index (χ3v) is 5.31. The van der Waals surface area contributed by atoms with E-state index in [-0.39, 0.29) is 0 Å². The number of sulfonamides is 1. The normalized spacial score (nSPS) is 12.2. The van der Waals surface area contributed by atoms with E-state index >= 15 is 0 Å². The Hall–Kier alpha value is -0.850. The van der Waals surface area contributed by atoms with Crippen molar-refractivity contribution in [3.8, 4) is 0 Å². The molecule has 0 aliphatic carbocycles. The predicted octanol–water partition coefficient (Wildman–Crippen LogP) is 2.43. The van der Waals surface area contributed by atoms with Crippen molar-refractivity contribution in [3.63, 3.8) is 0 Å². The van der Waals surface area contributed by atoms with Gasteiger partial charge < -0.3 is 9.88 Å². The van der Waals surface area contributed by atoms with Crippen molar-refractivity contribution >= 4 is 10.0 Å². The smallest absolute Gasteiger partial charge is 0.244 e. The summed E-state index contributed by atoms with van der Waals surface area (Å²) in [6, 6.07) is 1.81. The number of hydrogen-bond acceptors (Lipinski definition) is 3. The van der Waals surface area contributed by atoms with E-state index < -0.39 is 10.0 Å². The molecular formula is C15H29N3O2S. The Bertz CT molecular complexity index is 517. The Morgan fingerprint density at radius 3 is 2.24 bits per heavy atom. The van der Waals surface area contributed by atoms with E-state index in [4.69, 9.17) is 0 Å². The molecule has 0 amide bonds. The number of nitrogens with zero attached hydrogens (tertiary/aromatic N) is 2. The highest BCUT2D eigenvalue weighted by molar-refractivity contribution is 7.89. The minimum Gasteiger partial charge on any atom is -0.349 e. The van der Waals surface area contributed by atoms with Crippen molar-refractivity contribution in [2.45, 2.75) is 58.5 Å². The lowest BCUT2D eigenvalue weighted by atomic mass is 10.4. The van der Waals surface area contributed by atoms with Crippen molar-refractivity contribution in [2.75, 3.05) is 19.6 Å². The summed E-state index contributed by atoms with van der Waals surface area (Å²) in [6.07, 6.45) is 3.43. The van der Waals surface area contributed by atoms with Gasteiger partial charge in [0.25, 0.3) is 0 Å². The second kappa shape index (κ2) is 8.56. The first kappa shape index (κ1) is 18.2. The molecule has 1 aromatic rings. The van der Waals surface area contributed by atoms with E-state index in [9.17, 15) is 8.42 Å². The summed E-state index contributed by atoms with van der Waals surface area (Å²) in [7, 11) is -3.38. The summed E-state index contributed by atoms with van der Waals surface area (Å²) in [5.74, 6) is 0. The molecule has 0 spiro atoms. The van der Waals surface area contributed by atoms with Crippen LogP contribution >= 0.6 is 0 Å². The van der Waals surface area contributed by atoms with E-state index in [2.05, 4.69) is 5.32 Å². The Kier molecular flexibility index (Phi) is 7.42. The molecule has 122 valence electrons. The first-order valence-electron chi connectivity index (χ1n) is 7.91. The highest BCUT2D eigenvalue weighted by Crippen LogP contribution is 2.20. The third kappa shape index (κ3) is 4.56. The molecule has 5 nitrogen and oxygen atoms in total. The number of nitrogens with one attached hydrogen (secondary N) is 1. The molecule has 0 unspecified atom stereocenters. The van der Waals surface area contributed by atoms with Crippen LogP contribution < -0.4 is 5.32 Å². The average molecular weight is 315 g/mol. The van der Waals surface area contributed by atoms with E-state index in [0.29, 0.717) is 24.5 Å². The van der Waals surface area contributed by atoms with Gasteiger partial charge in [0.05, 0.1) is 0 Å². The van der Waals surface area contributed by atoms with Crippen molar-refractivity contribution in [3.05, 3.63) is 18.0 Å². The zero-order valence-corrected chi connectivity index (χ0v) is 14.5. The molecule has 0 bridgehead atoms. The van der Waals surface area contributed by atoms with Gasteiger partial charge in [-0.2, -0.15) is 4.31 Å². The lowest BCUT2D eigenvalue weighted by Crippen LogP contribution is -2.32. The van der Waals surface area contributed by atoms with Gasteiger partial charge in [-0.15, -0.1) is 0 Å². The lowest BCUT2D eigenvalue weighted by molar-refractivity contribution is 0.410. The van der Waals surface area contributed by atoms with Crippen molar-refractivity contribution in [1.82, 2.24) is 14.2 Å². The number of aromatic nitrogens is 1. The van der Waals surface area contributed by atoms with Gasteiger partial charge in [-0.25, -0.2) is 8.42 Å². The first-order chi connectivity index (χ1) is 10.0. The maximum atomic E-state index is 12.8. The molecule has 0 aromatic carbocycles. The molecule has 1 aromatic heterocycles. The quantitative estimate of drug-likeness (QED) is 0.721. The highest BCUT2D eigenvalue weighted by Gasteiger charge is 2.25. The van der Waals surface area contributed by atoms with Crippen LogP contribution in [-0.2, 0) is 23.1 Å². The fraction of sp³-hybridized carbons (Fsp3) is 0.733. The standard InChI is InChI=1S/C15H29N3O2S/c1-5-9-18(10-6-2)21(19,20)15-11-14(12-16-7-3)17(8-4)13-15/h11,13,16H,5-10,12H2,1-4H3. The molecule has 6 heteroatoms. The van der Waals surface area contributed by atoms with E-state index in [1.54, 1.807) is 16.6 Å². The monoisotopic (exact) mass is 315 g/mol. The number of aryl methyl sites for hydroxylation is 1. The topological polar surface area (TPSA) is 54.3 Å². The predicted molar refractivity (Wildman–Crippen MR) is 86.8 cm³/mol. The van der Waals surface area contributed by atoms with Crippen LogP contribution in [0, 0.1) is 0 Å². The maximum Gasteiger partial charge on any atom is 0.244 e. The van der Waals surface area contributed by atoms with E-state index in [1.807, 2.05) is 32.3 Å². The Morgan fingerprint density at radius 2 is 1.76 bits per heavy atom. The molecule has 0 aliphatic rings. The minimum atomic E-state index is -3.38. The molecule has 0 radical (unpaired) electrons. The van der Waals surface area contributed by atoms with Gasteiger partial charge in [-0.1, -0.05) is 20.8 Å². The molecule has 1 rings (SSSR count). The summed E-state index contributed by atoms with van der Waals surface area (Å²) in [5, 5.41) is 3.25. The van der Waals surface area contributed by atoms with Crippen LogP contribution in [0.1, 0.15) is 46.2 Å². The second-order valence-corrected chi connectivity index (χ2v) is 7.08. The van der Waals surface area contributed by atoms with Crippen LogP contribution in [0.4, 0.5) is 0 Å². The molecule has 0 aliphatic heterocycles. The first-order valence-corrected chi connectivity index (χ1v) is 9.35. The summed E-state index contributed by atoms with van der Waals surface area (Å²) >= 11 is 0. The van der Waals surface area contributed by atoms with Gasteiger partial charge >= 0.3 is 0 Å². The zero-order valence-electron chi connectivity index (χ0n) is 13.7. The SMILES string of the molecule is CCCN(CCC)S(=O)(=O)c1cc(CNCC)n(CC)c1. The van der Waals surface area contributed by atoms with Gasteiger partial charge in [0.1, 0.15) is 4.90 Å². The van der Waals surface area contributed by atoms with E-state index in [0.717, 1.165) is 31.6 Å². The molecule has 1 N–H and O–H groups in total. The molecule has 0 saturated carbocycles. The van der Waals surface area contributed by atoms with Gasteiger partial charge in [-0.05, 0) is 32.4 Å². The molecular weight excluding hydrogens is 286 g/mol. The van der Waals surface area contributed by atoms with Crippen LogP contribution in [0.25, 0.3) is 0 Å².